The zero-order chi connectivity index (χ0) is 27.8. The summed E-state index contributed by atoms with van der Waals surface area (Å²) in [6.45, 7) is 3.46. The molecule has 0 atom stereocenters. The highest BCUT2D eigenvalue weighted by atomic mass is 19.2. The van der Waals surface area contributed by atoms with E-state index in [4.69, 9.17) is 10.5 Å². The van der Waals surface area contributed by atoms with Crippen molar-refractivity contribution in [1.82, 2.24) is 25.1 Å². The van der Waals surface area contributed by atoms with Crippen molar-refractivity contribution in [2.75, 3.05) is 5.73 Å². The van der Waals surface area contributed by atoms with Gasteiger partial charge in [0.1, 0.15) is 29.4 Å². The van der Waals surface area contributed by atoms with Gasteiger partial charge in [-0.15, -0.1) is 0 Å². The molecule has 8 nitrogen and oxygen atoms in total. The Morgan fingerprint density at radius 3 is 2.36 bits per heavy atom. The number of hydrogen-bond acceptors (Lipinski definition) is 6. The van der Waals surface area contributed by atoms with E-state index in [0.717, 1.165) is 6.07 Å². The number of nitrogens with one attached hydrogen (secondary N) is 1. The molecule has 2 heterocycles. The van der Waals surface area contributed by atoms with Crippen LogP contribution in [0.4, 0.5) is 27.8 Å². The van der Waals surface area contributed by atoms with Gasteiger partial charge < -0.3 is 15.8 Å². The number of halogens is 5. The maximum absolute atomic E-state index is 15.3. The van der Waals surface area contributed by atoms with Gasteiger partial charge in [0, 0.05) is 23.7 Å². The largest absolute Gasteiger partial charge is 0.451 e. The van der Waals surface area contributed by atoms with E-state index in [-0.39, 0.29) is 41.1 Å². The van der Waals surface area contributed by atoms with Gasteiger partial charge in [0.05, 0.1) is 11.4 Å². The summed E-state index contributed by atoms with van der Waals surface area (Å²) >= 11 is 0. The molecule has 0 bridgehead atoms. The van der Waals surface area contributed by atoms with Gasteiger partial charge in [0.25, 0.3) is 0 Å². The van der Waals surface area contributed by atoms with Crippen molar-refractivity contribution in [3.05, 3.63) is 72.3 Å². The van der Waals surface area contributed by atoms with Gasteiger partial charge in [-0.1, -0.05) is 6.58 Å². The Bertz CT molecular complexity index is 1570. The van der Waals surface area contributed by atoms with Crippen LogP contribution in [0, 0.1) is 29.1 Å². The number of hydrogen-bond donors (Lipinski definition) is 2. The molecule has 4 aromatic rings. The summed E-state index contributed by atoms with van der Waals surface area (Å²) in [4.78, 5) is 19.9. The highest BCUT2D eigenvalue weighted by molar-refractivity contribution is 5.98. The molecule has 0 unspecified atom stereocenters. The van der Waals surface area contributed by atoms with Crippen LogP contribution in [0.2, 0.25) is 0 Å². The molecule has 13 heteroatoms. The molecule has 1 aliphatic carbocycles. The van der Waals surface area contributed by atoms with Crippen molar-refractivity contribution >= 4 is 22.8 Å². The van der Waals surface area contributed by atoms with Crippen LogP contribution in [0.25, 0.3) is 22.3 Å². The molecule has 39 heavy (non-hydrogen) atoms. The van der Waals surface area contributed by atoms with Crippen molar-refractivity contribution in [2.45, 2.75) is 37.8 Å². The van der Waals surface area contributed by atoms with E-state index < -0.39 is 40.6 Å². The summed E-state index contributed by atoms with van der Waals surface area (Å²) in [6, 6.07) is 3.11. The van der Waals surface area contributed by atoms with Crippen molar-refractivity contribution in [2.24, 2.45) is 0 Å². The normalized spacial score (nSPS) is 17.3. The molecule has 5 rings (SSSR count). The molecule has 1 saturated carbocycles. The smallest absolute Gasteiger partial charge is 0.243 e. The minimum absolute atomic E-state index is 0.0148. The number of anilines is 1. The third-order valence-corrected chi connectivity index (χ3v) is 6.58. The van der Waals surface area contributed by atoms with E-state index in [1.165, 1.54) is 24.5 Å². The second-order valence-corrected chi connectivity index (χ2v) is 9.01. The van der Waals surface area contributed by atoms with Crippen molar-refractivity contribution < 1.29 is 31.5 Å². The lowest BCUT2D eigenvalue weighted by Crippen LogP contribution is -2.37. The molecular weight excluding hydrogens is 523 g/mol. The molecule has 0 radical (unpaired) electrons. The third-order valence-electron chi connectivity index (χ3n) is 6.58. The Morgan fingerprint density at radius 2 is 1.72 bits per heavy atom. The second kappa shape index (κ2) is 10.3. The van der Waals surface area contributed by atoms with Crippen LogP contribution in [0.15, 0.2) is 43.2 Å². The van der Waals surface area contributed by atoms with Crippen LogP contribution in [-0.2, 0) is 4.79 Å². The Labute approximate surface area is 218 Å². The second-order valence-electron chi connectivity index (χ2n) is 9.01. The number of benzene rings is 2. The summed E-state index contributed by atoms with van der Waals surface area (Å²) in [5, 5.41) is 7.78. The maximum Gasteiger partial charge on any atom is 0.243 e. The van der Waals surface area contributed by atoms with Crippen molar-refractivity contribution in [3.63, 3.8) is 0 Å². The SMILES string of the molecule is C=CC(=O)N[C@H]1CC[C@@H](n2nc(-c3ccc(Oc4c(F)c(F)cc(F)c4F)cc3F)c3c(N)ncnc32)CC1. The fourth-order valence-electron chi connectivity index (χ4n) is 4.67. The standard InChI is InChI=1S/C26H21F5N6O2/c1-2-19(38)35-12-3-5-13(6-4-12)37-26-20(25(32)33-11-34-26)23(36-37)15-8-7-14(9-16(15)27)39-24-21(30)17(28)10-18(29)22(24)31/h2,7-13H,1,3-6H2,(H,35,38)(H2,32,33,34)/t12-,13+. The molecular formula is C26H21F5N6O2. The first-order valence-corrected chi connectivity index (χ1v) is 11.9. The first kappa shape index (κ1) is 26.1. The number of ether oxygens (including phenoxy) is 1. The lowest BCUT2D eigenvalue weighted by atomic mass is 9.91. The molecule has 3 N–H and O–H groups in total. The zero-order valence-electron chi connectivity index (χ0n) is 20.2. The maximum atomic E-state index is 15.3. The number of nitrogens with two attached hydrogens (primary N) is 1. The van der Waals surface area contributed by atoms with Crippen LogP contribution >= 0.6 is 0 Å². The van der Waals surface area contributed by atoms with Gasteiger partial charge in [-0.05, 0) is 43.9 Å². The van der Waals surface area contributed by atoms with E-state index in [1.54, 1.807) is 4.68 Å². The molecule has 2 aromatic carbocycles. The van der Waals surface area contributed by atoms with Crippen molar-refractivity contribution in [1.29, 1.82) is 0 Å². The fraction of sp³-hybridized carbons (Fsp3) is 0.231. The Morgan fingerprint density at radius 1 is 1.03 bits per heavy atom. The van der Waals surface area contributed by atoms with Crippen LogP contribution in [0.5, 0.6) is 11.5 Å². The first-order chi connectivity index (χ1) is 18.7. The number of amides is 1. The molecule has 202 valence electrons. The quantitative estimate of drug-likeness (QED) is 0.193. The van der Waals surface area contributed by atoms with E-state index in [2.05, 4.69) is 27.0 Å². The van der Waals surface area contributed by atoms with Gasteiger partial charge in [-0.3, -0.25) is 4.79 Å². The monoisotopic (exact) mass is 544 g/mol. The topological polar surface area (TPSA) is 108 Å². The van der Waals surface area contributed by atoms with Crippen LogP contribution in [0.3, 0.4) is 0 Å². The molecule has 1 amide bonds. The Hall–Kier alpha value is -4.55. The summed E-state index contributed by atoms with van der Waals surface area (Å²) in [6.07, 6.45) is 5.14. The molecule has 0 spiro atoms. The van der Waals surface area contributed by atoms with E-state index in [9.17, 15) is 22.4 Å². The van der Waals surface area contributed by atoms with E-state index >= 15 is 4.39 Å². The number of nitrogen functional groups attached to an aromatic ring is 1. The first-order valence-electron chi connectivity index (χ1n) is 11.9. The number of fused-ring (bicyclic) bond motifs is 1. The summed E-state index contributed by atoms with van der Waals surface area (Å²) in [5.41, 5.74) is 6.59. The summed E-state index contributed by atoms with van der Waals surface area (Å²) in [7, 11) is 0. The lowest BCUT2D eigenvalue weighted by Gasteiger charge is -2.29. The Kier molecular flexibility index (Phi) is 6.89. The van der Waals surface area contributed by atoms with Gasteiger partial charge in [0.15, 0.2) is 17.3 Å². The lowest BCUT2D eigenvalue weighted by molar-refractivity contribution is -0.117. The van der Waals surface area contributed by atoms with Crippen LogP contribution < -0.4 is 15.8 Å². The minimum Gasteiger partial charge on any atom is -0.451 e. The average molecular weight is 544 g/mol. The third kappa shape index (κ3) is 4.87. The number of carbonyl (C=O) groups is 1. The Balaban J connectivity index is 1.47. The summed E-state index contributed by atoms with van der Waals surface area (Å²) in [5.74, 6) is -9.68. The molecule has 2 aromatic heterocycles. The fourth-order valence-corrected chi connectivity index (χ4v) is 4.67. The molecule has 1 fully saturated rings. The molecule has 1 aliphatic rings. The van der Waals surface area contributed by atoms with E-state index in [0.29, 0.717) is 36.7 Å². The number of nitrogens with zero attached hydrogens (tertiary/aromatic N) is 4. The van der Waals surface area contributed by atoms with Gasteiger partial charge in [-0.2, -0.15) is 13.9 Å². The minimum atomic E-state index is -1.76. The van der Waals surface area contributed by atoms with Crippen LogP contribution in [-0.4, -0.2) is 31.7 Å². The number of aromatic nitrogens is 4. The van der Waals surface area contributed by atoms with Crippen molar-refractivity contribution in [3.8, 4) is 22.8 Å². The predicted molar refractivity (Wildman–Crippen MR) is 131 cm³/mol. The molecule has 0 saturated heterocycles. The number of rotatable bonds is 6. The highest BCUT2D eigenvalue weighted by Crippen LogP contribution is 2.38. The van der Waals surface area contributed by atoms with Crippen LogP contribution in [0.1, 0.15) is 31.7 Å². The van der Waals surface area contributed by atoms with Gasteiger partial charge in [0.2, 0.25) is 23.3 Å². The predicted octanol–water partition coefficient (Wildman–Crippen LogP) is 5.35. The average Bonchev–Trinajstić information content (AvgIpc) is 3.31. The van der Waals surface area contributed by atoms with E-state index in [1.807, 2.05) is 0 Å². The zero-order valence-corrected chi connectivity index (χ0v) is 20.2. The highest BCUT2D eigenvalue weighted by Gasteiger charge is 2.28. The number of carbonyl (C=O) groups excluding carboxylic acids is 1. The van der Waals surface area contributed by atoms with Gasteiger partial charge >= 0.3 is 0 Å². The summed E-state index contributed by atoms with van der Waals surface area (Å²) < 4.78 is 77.0. The van der Waals surface area contributed by atoms with Gasteiger partial charge in [-0.25, -0.2) is 27.8 Å². The molecule has 0 aliphatic heterocycles.